The molecule has 2 aromatic heterocycles. The van der Waals surface area contributed by atoms with Gasteiger partial charge in [-0.25, -0.2) is 4.98 Å². The number of aryl methyl sites for hydroxylation is 1. The number of nitrogens with one attached hydrogen (secondary N) is 1. The van der Waals surface area contributed by atoms with E-state index in [1.807, 2.05) is 41.3 Å². The maximum absolute atomic E-state index is 12.9. The minimum absolute atomic E-state index is 0.166. The number of benzene rings is 1. The molecule has 0 saturated carbocycles. The third-order valence-electron chi connectivity index (χ3n) is 5.49. The Labute approximate surface area is 171 Å². The first-order valence-corrected chi connectivity index (χ1v) is 10.2. The van der Waals surface area contributed by atoms with Gasteiger partial charge in [-0.2, -0.15) is 0 Å². The molecule has 0 aliphatic carbocycles. The predicted octanol–water partition coefficient (Wildman–Crippen LogP) is 2.58. The summed E-state index contributed by atoms with van der Waals surface area (Å²) in [7, 11) is 1.97. The summed E-state index contributed by atoms with van der Waals surface area (Å²) < 4.78 is 2.00. The predicted molar refractivity (Wildman–Crippen MR) is 108 cm³/mol. The summed E-state index contributed by atoms with van der Waals surface area (Å²) in [6.45, 7) is 0.357. The summed E-state index contributed by atoms with van der Waals surface area (Å²) in [4.78, 5) is 43.8. The van der Waals surface area contributed by atoms with Crippen LogP contribution in [0.3, 0.4) is 0 Å². The Morgan fingerprint density at radius 2 is 2.07 bits per heavy atom. The van der Waals surface area contributed by atoms with Gasteiger partial charge in [0.2, 0.25) is 11.8 Å². The minimum atomic E-state index is -0.604. The number of carbonyl (C=O) groups is 3. The number of nitrogens with zero attached hydrogens (tertiary/aromatic N) is 3. The van der Waals surface area contributed by atoms with E-state index in [1.54, 1.807) is 22.6 Å². The normalized spacial score (nSPS) is 18.9. The summed E-state index contributed by atoms with van der Waals surface area (Å²) in [5.41, 5.74) is 4.31. The molecule has 0 spiro atoms. The van der Waals surface area contributed by atoms with Crippen LogP contribution in [0.1, 0.15) is 28.8 Å². The van der Waals surface area contributed by atoms with Crippen molar-refractivity contribution < 1.29 is 14.4 Å². The molecule has 3 aromatic rings. The standard InChI is InChI=1S/C21H18N4O3S/c1-24-11-22-18(19(24)16-3-2-8-29-16)12-4-5-14-13(9-12)10-25(21(14)28)15-6-7-17(26)23-20(15)27/h2-5,8-9,11,15H,6-7,10H2,1H3,(H,23,26,27). The van der Waals surface area contributed by atoms with Crippen LogP contribution in [0.25, 0.3) is 21.8 Å². The van der Waals surface area contributed by atoms with Gasteiger partial charge < -0.3 is 9.47 Å². The first-order valence-electron chi connectivity index (χ1n) is 9.36. The van der Waals surface area contributed by atoms with Crippen molar-refractivity contribution in [3.05, 3.63) is 53.2 Å². The Hall–Kier alpha value is -3.26. The van der Waals surface area contributed by atoms with Crippen LogP contribution in [0.2, 0.25) is 0 Å². The fourth-order valence-electron chi connectivity index (χ4n) is 4.07. The lowest BCUT2D eigenvalue weighted by Gasteiger charge is -2.29. The van der Waals surface area contributed by atoms with Crippen molar-refractivity contribution in [3.63, 3.8) is 0 Å². The zero-order valence-electron chi connectivity index (χ0n) is 15.7. The average molecular weight is 406 g/mol. The van der Waals surface area contributed by atoms with E-state index in [-0.39, 0.29) is 18.2 Å². The van der Waals surface area contributed by atoms with Gasteiger partial charge in [-0.05, 0) is 35.6 Å². The average Bonchev–Trinajstić information content (AvgIpc) is 3.41. The van der Waals surface area contributed by atoms with Crippen LogP contribution in [0.5, 0.6) is 0 Å². The highest BCUT2D eigenvalue weighted by Crippen LogP contribution is 2.36. The molecule has 2 aliphatic rings. The first-order chi connectivity index (χ1) is 14.0. The summed E-state index contributed by atoms with van der Waals surface area (Å²) >= 11 is 1.65. The van der Waals surface area contributed by atoms with Gasteiger partial charge in [0.25, 0.3) is 5.91 Å². The number of fused-ring (bicyclic) bond motifs is 1. The van der Waals surface area contributed by atoms with Crippen LogP contribution in [-0.2, 0) is 23.2 Å². The zero-order chi connectivity index (χ0) is 20.1. The summed E-state index contributed by atoms with van der Waals surface area (Å²) in [6.07, 6.45) is 2.40. The van der Waals surface area contributed by atoms with Crippen LogP contribution < -0.4 is 5.32 Å². The van der Waals surface area contributed by atoms with Crippen LogP contribution in [0.15, 0.2) is 42.0 Å². The second-order valence-corrected chi connectivity index (χ2v) is 8.25. The molecule has 1 unspecified atom stereocenters. The van der Waals surface area contributed by atoms with Gasteiger partial charge in [0.15, 0.2) is 0 Å². The van der Waals surface area contributed by atoms with Crippen molar-refractivity contribution in [1.29, 1.82) is 0 Å². The Morgan fingerprint density at radius 3 is 2.83 bits per heavy atom. The molecule has 3 amide bonds. The van der Waals surface area contributed by atoms with Crippen LogP contribution >= 0.6 is 11.3 Å². The largest absolute Gasteiger partial charge is 0.333 e. The van der Waals surface area contributed by atoms with E-state index in [4.69, 9.17) is 0 Å². The number of hydrogen-bond acceptors (Lipinski definition) is 5. The molecule has 146 valence electrons. The lowest BCUT2D eigenvalue weighted by molar-refractivity contribution is -0.136. The fraction of sp³-hybridized carbons (Fsp3) is 0.238. The highest BCUT2D eigenvalue weighted by Gasteiger charge is 2.39. The van der Waals surface area contributed by atoms with Crippen molar-refractivity contribution in [3.8, 4) is 21.8 Å². The van der Waals surface area contributed by atoms with Gasteiger partial charge in [-0.15, -0.1) is 11.3 Å². The highest BCUT2D eigenvalue weighted by atomic mass is 32.1. The number of rotatable bonds is 3. The topological polar surface area (TPSA) is 84.3 Å². The molecule has 5 rings (SSSR count). The Kier molecular flexibility index (Phi) is 4.09. The molecule has 1 atom stereocenters. The molecule has 1 aromatic carbocycles. The van der Waals surface area contributed by atoms with E-state index in [2.05, 4.69) is 16.4 Å². The van der Waals surface area contributed by atoms with Crippen LogP contribution in [0.4, 0.5) is 0 Å². The van der Waals surface area contributed by atoms with E-state index >= 15 is 0 Å². The molecule has 7 nitrogen and oxygen atoms in total. The lowest BCUT2D eigenvalue weighted by atomic mass is 10.0. The van der Waals surface area contributed by atoms with Crippen molar-refractivity contribution in [1.82, 2.24) is 19.8 Å². The number of imidazole rings is 1. The number of hydrogen-bond donors (Lipinski definition) is 1. The molecule has 2 aliphatic heterocycles. The molecular weight excluding hydrogens is 388 g/mol. The van der Waals surface area contributed by atoms with Gasteiger partial charge in [0.1, 0.15) is 6.04 Å². The number of carbonyl (C=O) groups excluding carboxylic acids is 3. The number of imide groups is 1. The maximum Gasteiger partial charge on any atom is 0.255 e. The second kappa shape index (κ2) is 6.66. The van der Waals surface area contributed by atoms with Crippen LogP contribution in [-0.4, -0.2) is 38.2 Å². The Bertz CT molecular complexity index is 1150. The molecule has 1 N–H and O–H groups in total. The number of thiophene rings is 1. The molecule has 0 radical (unpaired) electrons. The van der Waals surface area contributed by atoms with E-state index in [1.165, 1.54) is 0 Å². The van der Waals surface area contributed by atoms with E-state index in [0.717, 1.165) is 27.4 Å². The molecular formula is C21H18N4O3S. The molecule has 4 heterocycles. The van der Waals surface area contributed by atoms with Crippen molar-refractivity contribution in [2.24, 2.45) is 7.05 Å². The maximum atomic E-state index is 12.9. The van der Waals surface area contributed by atoms with Crippen molar-refractivity contribution >= 4 is 29.1 Å². The SMILES string of the molecule is Cn1cnc(-c2ccc3c(c2)CN(C2CCC(=O)NC2=O)C3=O)c1-c1cccs1. The summed E-state index contributed by atoms with van der Waals surface area (Å²) in [5, 5.41) is 4.37. The Balaban J connectivity index is 1.49. The van der Waals surface area contributed by atoms with Gasteiger partial charge in [-0.1, -0.05) is 12.1 Å². The Morgan fingerprint density at radius 1 is 1.21 bits per heavy atom. The van der Waals surface area contributed by atoms with E-state index in [0.29, 0.717) is 18.5 Å². The molecule has 29 heavy (non-hydrogen) atoms. The molecule has 1 fully saturated rings. The van der Waals surface area contributed by atoms with Crippen molar-refractivity contribution in [2.75, 3.05) is 0 Å². The van der Waals surface area contributed by atoms with Gasteiger partial charge in [-0.3, -0.25) is 19.7 Å². The second-order valence-electron chi connectivity index (χ2n) is 7.30. The van der Waals surface area contributed by atoms with Gasteiger partial charge in [0.05, 0.1) is 22.6 Å². The monoisotopic (exact) mass is 406 g/mol. The quantitative estimate of drug-likeness (QED) is 0.678. The van der Waals surface area contributed by atoms with E-state index < -0.39 is 11.9 Å². The van der Waals surface area contributed by atoms with Gasteiger partial charge in [0, 0.05) is 31.1 Å². The number of aromatic nitrogens is 2. The summed E-state index contributed by atoms with van der Waals surface area (Å²) in [6, 6.07) is 9.17. The lowest BCUT2D eigenvalue weighted by Crippen LogP contribution is -2.52. The molecule has 0 bridgehead atoms. The summed E-state index contributed by atoms with van der Waals surface area (Å²) in [5.74, 6) is -0.846. The zero-order valence-corrected chi connectivity index (χ0v) is 16.5. The van der Waals surface area contributed by atoms with Crippen LogP contribution in [0, 0.1) is 0 Å². The first kappa shape index (κ1) is 17.8. The number of piperidine rings is 1. The highest BCUT2D eigenvalue weighted by molar-refractivity contribution is 7.13. The molecule has 1 saturated heterocycles. The smallest absolute Gasteiger partial charge is 0.255 e. The van der Waals surface area contributed by atoms with E-state index in [9.17, 15) is 14.4 Å². The minimum Gasteiger partial charge on any atom is -0.333 e. The number of amides is 3. The molecule has 8 heteroatoms. The third-order valence-corrected chi connectivity index (χ3v) is 6.37. The third kappa shape index (κ3) is 2.87. The van der Waals surface area contributed by atoms with Crippen molar-refractivity contribution in [2.45, 2.75) is 25.4 Å². The van der Waals surface area contributed by atoms with Gasteiger partial charge >= 0.3 is 0 Å². The fourth-order valence-corrected chi connectivity index (χ4v) is 4.88.